The maximum absolute atomic E-state index is 11.2. The second-order valence-corrected chi connectivity index (χ2v) is 13.1. The molecule has 0 N–H and O–H groups in total. The van der Waals surface area contributed by atoms with Crippen LogP contribution in [0.4, 0.5) is 0 Å². The lowest BCUT2D eigenvalue weighted by Gasteiger charge is -2.09. The molecule has 0 heterocycles. The van der Waals surface area contributed by atoms with Gasteiger partial charge in [-0.25, -0.2) is 0 Å². The first-order valence-electron chi connectivity index (χ1n) is 21.5. The normalized spacial score (nSPS) is 11.4. The first kappa shape index (κ1) is 53.1. The van der Waals surface area contributed by atoms with Crippen molar-refractivity contribution in [1.82, 2.24) is 0 Å². The highest BCUT2D eigenvalue weighted by Crippen LogP contribution is 2.15. The van der Waals surface area contributed by atoms with Crippen molar-refractivity contribution in [3.8, 4) is 5.75 Å². The van der Waals surface area contributed by atoms with E-state index in [1.54, 1.807) is 0 Å². The topological polar surface area (TPSA) is 137 Å². The third kappa shape index (κ3) is 40.6. The van der Waals surface area contributed by atoms with Crippen LogP contribution in [0, 0.1) is 0 Å². The third-order valence-electron chi connectivity index (χ3n) is 8.15. The highest BCUT2D eigenvalue weighted by molar-refractivity contribution is 5.69. The van der Waals surface area contributed by atoms with Crippen molar-refractivity contribution in [3.63, 3.8) is 0 Å². The van der Waals surface area contributed by atoms with Gasteiger partial charge in [-0.3, -0.25) is 4.79 Å². The van der Waals surface area contributed by atoms with Crippen molar-refractivity contribution in [1.29, 1.82) is 0 Å². The average molecular weight is 819 g/mol. The van der Waals surface area contributed by atoms with Gasteiger partial charge < -0.3 is 61.6 Å². The average Bonchev–Trinajstić information content (AvgIpc) is 3.22. The summed E-state index contributed by atoms with van der Waals surface area (Å²) in [6.07, 6.45) is 11.7. The Labute approximate surface area is 344 Å². The van der Waals surface area contributed by atoms with Crippen molar-refractivity contribution in [2.45, 2.75) is 78.1 Å². The van der Waals surface area contributed by atoms with Crippen LogP contribution in [0.25, 0.3) is 0 Å². The van der Waals surface area contributed by atoms with Crippen molar-refractivity contribution in [2.24, 2.45) is 0 Å². The predicted molar refractivity (Wildman–Crippen MR) is 219 cm³/mol. The highest BCUT2D eigenvalue weighted by atomic mass is 16.6. The van der Waals surface area contributed by atoms with Crippen molar-refractivity contribution >= 4 is 5.97 Å². The fourth-order valence-electron chi connectivity index (χ4n) is 5.05. The van der Waals surface area contributed by atoms with E-state index in [1.807, 2.05) is 6.92 Å². The van der Waals surface area contributed by atoms with Gasteiger partial charge in [-0.15, -0.1) is 0 Å². The summed E-state index contributed by atoms with van der Waals surface area (Å²) in [6, 6.07) is 8.45. The van der Waals surface area contributed by atoms with E-state index in [4.69, 9.17) is 61.6 Å². The molecule has 0 aliphatic carbocycles. The molecule has 0 aliphatic rings. The van der Waals surface area contributed by atoms with Gasteiger partial charge in [-0.05, 0) is 37.0 Å². The van der Waals surface area contributed by atoms with Gasteiger partial charge in [0.25, 0.3) is 0 Å². The fraction of sp³-hybridized carbons (Fsp3) is 0.837. The Morgan fingerprint density at radius 3 is 1.04 bits per heavy atom. The smallest absolute Gasteiger partial charge is 0.305 e. The summed E-state index contributed by atoms with van der Waals surface area (Å²) < 4.78 is 71.2. The van der Waals surface area contributed by atoms with E-state index in [0.29, 0.717) is 158 Å². The van der Waals surface area contributed by atoms with E-state index in [2.05, 4.69) is 31.2 Å². The number of rotatable bonds is 47. The fourth-order valence-corrected chi connectivity index (χ4v) is 5.05. The number of hydrogen-bond acceptors (Lipinski definition) is 14. The Bertz CT molecular complexity index is 939. The molecule has 1 aromatic carbocycles. The molecule has 0 fully saturated rings. The molecule has 1 rings (SSSR count). The highest BCUT2D eigenvalue weighted by Gasteiger charge is 2.01. The quantitative estimate of drug-likeness (QED) is 0.0572. The summed E-state index contributed by atoms with van der Waals surface area (Å²) in [6.45, 7) is 15.8. The number of carbonyl (C=O) groups is 1. The minimum absolute atomic E-state index is 0.188. The standard InChI is InChI=1S/C43H78O14/c1-3-5-6-7-8-9-10-12-41-13-15-42(16-14-41)56-39-37-54-35-33-52-31-29-50-27-25-48-23-21-46-19-17-45-18-20-47-22-24-49-26-28-51-30-32-53-34-36-55-38-40-57-43(44)11-4-2/h13-16H,3-12,17-40H2,1-2H3. The monoisotopic (exact) mass is 819 g/mol. The second kappa shape index (κ2) is 45.1. The first-order chi connectivity index (χ1) is 28.3. The lowest BCUT2D eigenvalue weighted by atomic mass is 10.0. The van der Waals surface area contributed by atoms with Crippen LogP contribution in [0.1, 0.15) is 77.2 Å². The van der Waals surface area contributed by atoms with E-state index in [1.165, 1.54) is 50.5 Å². The van der Waals surface area contributed by atoms with E-state index < -0.39 is 0 Å². The number of unbranched alkanes of at least 4 members (excludes halogenated alkanes) is 6. The van der Waals surface area contributed by atoms with Crippen LogP contribution in [0.15, 0.2) is 24.3 Å². The molecule has 0 amide bonds. The molecule has 0 spiro atoms. The Balaban J connectivity index is 1.67. The lowest BCUT2D eigenvalue weighted by Crippen LogP contribution is -2.15. The molecule has 0 radical (unpaired) electrons. The molecule has 14 nitrogen and oxygen atoms in total. The lowest BCUT2D eigenvalue weighted by molar-refractivity contribution is -0.145. The molecule has 0 unspecified atom stereocenters. The number of benzene rings is 1. The SMILES string of the molecule is CCCCCCCCCc1ccc(OCCOCCOCCOCCOCCOCCOCCOCCOCCOCCOCCOCCOC(=O)CCC)cc1. The van der Waals surface area contributed by atoms with Gasteiger partial charge in [-0.2, -0.15) is 0 Å². The number of hydrogen-bond donors (Lipinski definition) is 0. The van der Waals surface area contributed by atoms with E-state index in [-0.39, 0.29) is 12.6 Å². The van der Waals surface area contributed by atoms with Gasteiger partial charge in [0.2, 0.25) is 0 Å². The van der Waals surface area contributed by atoms with Crippen LogP contribution in [-0.2, 0) is 68.1 Å². The summed E-state index contributed by atoms with van der Waals surface area (Å²) in [7, 11) is 0. The molecule has 0 saturated carbocycles. The van der Waals surface area contributed by atoms with Gasteiger partial charge in [0.05, 0.1) is 145 Å². The molecule has 57 heavy (non-hydrogen) atoms. The number of esters is 1. The zero-order valence-electron chi connectivity index (χ0n) is 35.6. The molecule has 14 heteroatoms. The Morgan fingerprint density at radius 1 is 0.368 bits per heavy atom. The molecule has 0 atom stereocenters. The minimum Gasteiger partial charge on any atom is -0.491 e. The minimum atomic E-state index is -0.188. The molecule has 0 aromatic heterocycles. The Kier molecular flexibility index (Phi) is 42.0. The van der Waals surface area contributed by atoms with Crippen molar-refractivity contribution < 1.29 is 66.4 Å². The van der Waals surface area contributed by atoms with Gasteiger partial charge >= 0.3 is 5.97 Å². The maximum atomic E-state index is 11.2. The summed E-state index contributed by atoms with van der Waals surface area (Å²) in [5.74, 6) is 0.695. The van der Waals surface area contributed by atoms with Crippen LogP contribution >= 0.6 is 0 Å². The number of ether oxygens (including phenoxy) is 13. The summed E-state index contributed by atoms with van der Waals surface area (Å²) in [5, 5.41) is 0. The Morgan fingerprint density at radius 2 is 0.684 bits per heavy atom. The molecular weight excluding hydrogens is 740 g/mol. The third-order valence-corrected chi connectivity index (χ3v) is 8.15. The van der Waals surface area contributed by atoms with Gasteiger partial charge in [0.1, 0.15) is 19.0 Å². The van der Waals surface area contributed by atoms with Crippen molar-refractivity contribution in [3.05, 3.63) is 29.8 Å². The predicted octanol–water partition coefficient (Wildman–Crippen LogP) is 5.88. The number of carbonyl (C=O) groups excluding carboxylic acids is 1. The van der Waals surface area contributed by atoms with Gasteiger partial charge in [0.15, 0.2) is 0 Å². The van der Waals surface area contributed by atoms with Crippen LogP contribution in [0.3, 0.4) is 0 Å². The van der Waals surface area contributed by atoms with Crippen molar-refractivity contribution in [2.75, 3.05) is 159 Å². The van der Waals surface area contributed by atoms with Crippen LogP contribution in [0.2, 0.25) is 0 Å². The molecule has 1 aromatic rings. The van der Waals surface area contributed by atoms with E-state index in [9.17, 15) is 4.79 Å². The van der Waals surface area contributed by atoms with Crippen LogP contribution < -0.4 is 4.74 Å². The largest absolute Gasteiger partial charge is 0.491 e. The van der Waals surface area contributed by atoms with Crippen LogP contribution in [0.5, 0.6) is 5.75 Å². The molecule has 0 saturated heterocycles. The van der Waals surface area contributed by atoms with Gasteiger partial charge in [0, 0.05) is 6.42 Å². The number of aryl methyl sites for hydroxylation is 1. The maximum Gasteiger partial charge on any atom is 0.305 e. The zero-order valence-corrected chi connectivity index (χ0v) is 35.6. The summed E-state index contributed by atoms with van der Waals surface area (Å²) in [4.78, 5) is 11.2. The summed E-state index contributed by atoms with van der Waals surface area (Å²) >= 11 is 0. The second-order valence-electron chi connectivity index (χ2n) is 13.1. The van der Waals surface area contributed by atoms with E-state index >= 15 is 0 Å². The Hall–Kier alpha value is -1.95. The van der Waals surface area contributed by atoms with E-state index in [0.717, 1.165) is 18.6 Å². The molecule has 0 aliphatic heterocycles. The van der Waals surface area contributed by atoms with Crippen LogP contribution in [-0.4, -0.2) is 165 Å². The van der Waals surface area contributed by atoms with Gasteiger partial charge in [-0.1, -0.05) is 64.5 Å². The molecule has 0 bridgehead atoms. The molecule has 334 valence electrons. The molecular formula is C43H78O14. The first-order valence-corrected chi connectivity index (χ1v) is 21.5. The zero-order chi connectivity index (χ0) is 40.8. The summed E-state index contributed by atoms with van der Waals surface area (Å²) in [5.41, 5.74) is 1.38.